The summed E-state index contributed by atoms with van der Waals surface area (Å²) >= 11 is 0. The van der Waals surface area contributed by atoms with Crippen LogP contribution in [0.25, 0.3) is 0 Å². The van der Waals surface area contributed by atoms with Gasteiger partial charge in [-0.2, -0.15) is 13.2 Å². The standard InChI is InChI=1S/C24H27F3N4O6/c1-35-17-7-6-13(11-18(17)36-15-4-2-3-5-15)14-10-16(20(32)30-12-14)19(37-22(34)24(25,26)27)21(33)31-23-28-8-9-29-23/h6-9,11,14-16,19H,2-5,10,12H2,1H3,(H,30,32)(H2,28,29,31,33)/t14-,16-,19?/m1/s1. The van der Waals surface area contributed by atoms with Gasteiger partial charge < -0.3 is 24.5 Å². The van der Waals surface area contributed by atoms with Crippen LogP contribution in [0.3, 0.4) is 0 Å². The number of H-pyrrole nitrogens is 1. The second-order valence-corrected chi connectivity index (χ2v) is 8.97. The topological polar surface area (TPSA) is 132 Å². The molecule has 2 aromatic rings. The van der Waals surface area contributed by atoms with Crippen LogP contribution in [-0.2, 0) is 19.1 Å². The van der Waals surface area contributed by atoms with E-state index in [0.29, 0.717) is 11.5 Å². The van der Waals surface area contributed by atoms with Crippen molar-refractivity contribution in [3.05, 3.63) is 36.2 Å². The maximum atomic E-state index is 13.0. The number of hydrogen-bond donors (Lipinski definition) is 3. The van der Waals surface area contributed by atoms with Crippen molar-refractivity contribution >= 4 is 23.7 Å². The number of benzene rings is 1. The van der Waals surface area contributed by atoms with Crippen molar-refractivity contribution in [2.45, 2.75) is 56.4 Å². The Labute approximate surface area is 210 Å². The second-order valence-electron chi connectivity index (χ2n) is 8.97. The van der Waals surface area contributed by atoms with Crippen molar-refractivity contribution in [2.24, 2.45) is 5.92 Å². The van der Waals surface area contributed by atoms with E-state index >= 15 is 0 Å². The fourth-order valence-corrected chi connectivity index (χ4v) is 4.61. The van der Waals surface area contributed by atoms with Crippen molar-refractivity contribution in [1.82, 2.24) is 15.3 Å². The smallest absolute Gasteiger partial charge is 0.490 e. The first-order valence-corrected chi connectivity index (χ1v) is 11.9. The first-order valence-electron chi connectivity index (χ1n) is 11.9. The Morgan fingerprint density at radius 2 is 1.95 bits per heavy atom. The monoisotopic (exact) mass is 524 g/mol. The number of anilines is 1. The van der Waals surface area contributed by atoms with Crippen LogP contribution in [0.5, 0.6) is 11.5 Å². The van der Waals surface area contributed by atoms with Crippen LogP contribution in [0.4, 0.5) is 19.1 Å². The Kier molecular flexibility index (Phi) is 7.89. The fraction of sp³-hybridized carbons (Fsp3) is 0.500. The van der Waals surface area contributed by atoms with Gasteiger partial charge in [0.2, 0.25) is 11.9 Å². The molecule has 200 valence electrons. The lowest BCUT2D eigenvalue weighted by Gasteiger charge is -2.33. The second kappa shape index (κ2) is 11.1. The van der Waals surface area contributed by atoms with E-state index in [4.69, 9.17) is 9.47 Å². The third kappa shape index (κ3) is 6.33. The summed E-state index contributed by atoms with van der Waals surface area (Å²) in [5, 5.41) is 4.87. The van der Waals surface area contributed by atoms with Crippen LogP contribution in [0.1, 0.15) is 43.6 Å². The normalized spacial score (nSPS) is 21.1. The molecule has 0 spiro atoms. The average Bonchev–Trinajstić information content (AvgIpc) is 3.57. The number of methoxy groups -OCH3 is 1. The third-order valence-corrected chi connectivity index (χ3v) is 6.48. The summed E-state index contributed by atoms with van der Waals surface area (Å²) in [7, 11) is 1.52. The lowest BCUT2D eigenvalue weighted by molar-refractivity contribution is -0.207. The van der Waals surface area contributed by atoms with E-state index in [2.05, 4.69) is 25.3 Å². The highest BCUT2D eigenvalue weighted by atomic mass is 19.4. The highest BCUT2D eigenvalue weighted by molar-refractivity contribution is 5.98. The lowest BCUT2D eigenvalue weighted by Crippen LogP contribution is -2.51. The van der Waals surface area contributed by atoms with Gasteiger partial charge in [-0.05, 0) is 49.8 Å². The summed E-state index contributed by atoms with van der Waals surface area (Å²) in [6.07, 6.45) is -0.720. The molecule has 2 aliphatic rings. The molecule has 10 nitrogen and oxygen atoms in total. The molecular weight excluding hydrogens is 497 g/mol. The quantitative estimate of drug-likeness (QED) is 0.452. The van der Waals surface area contributed by atoms with E-state index in [1.54, 1.807) is 18.2 Å². The van der Waals surface area contributed by atoms with Gasteiger partial charge in [-0.3, -0.25) is 14.9 Å². The van der Waals surface area contributed by atoms with E-state index in [-0.39, 0.29) is 25.0 Å². The number of imidazole rings is 1. The van der Waals surface area contributed by atoms with Gasteiger partial charge in [-0.15, -0.1) is 0 Å². The van der Waals surface area contributed by atoms with Gasteiger partial charge >= 0.3 is 12.1 Å². The number of aromatic amines is 1. The number of ether oxygens (including phenoxy) is 3. The number of hydrogen-bond acceptors (Lipinski definition) is 7. The van der Waals surface area contributed by atoms with E-state index in [1.165, 1.54) is 19.5 Å². The van der Waals surface area contributed by atoms with Gasteiger partial charge in [0.05, 0.1) is 19.1 Å². The van der Waals surface area contributed by atoms with Crippen molar-refractivity contribution < 1.29 is 41.8 Å². The van der Waals surface area contributed by atoms with Crippen LogP contribution < -0.4 is 20.1 Å². The number of halogens is 3. The number of nitrogens with one attached hydrogen (secondary N) is 3. The number of esters is 1. The van der Waals surface area contributed by atoms with Crippen LogP contribution in [0, 0.1) is 5.92 Å². The Bertz CT molecular complexity index is 1120. The summed E-state index contributed by atoms with van der Waals surface area (Å²) < 4.78 is 55.1. The van der Waals surface area contributed by atoms with Crippen LogP contribution in [-0.4, -0.2) is 59.8 Å². The number of alkyl halides is 3. The van der Waals surface area contributed by atoms with E-state index in [1.807, 2.05) is 0 Å². The van der Waals surface area contributed by atoms with Gasteiger partial charge in [-0.25, -0.2) is 9.78 Å². The minimum absolute atomic E-state index is 0.0532. The van der Waals surface area contributed by atoms with Crippen LogP contribution in [0.15, 0.2) is 30.6 Å². The summed E-state index contributed by atoms with van der Waals surface area (Å²) in [5.41, 5.74) is 0.728. The zero-order valence-corrected chi connectivity index (χ0v) is 20.0. The molecule has 1 unspecified atom stereocenters. The number of amides is 2. The largest absolute Gasteiger partial charge is 0.493 e. The SMILES string of the molecule is COc1ccc([C@H]2CNC(=O)[C@@H](C(OC(=O)C(F)(F)F)C(=O)Nc3ncc[nH]3)C2)cc1OC1CCCC1. The molecule has 1 aliphatic carbocycles. The Morgan fingerprint density at radius 1 is 1.19 bits per heavy atom. The summed E-state index contributed by atoms with van der Waals surface area (Å²) in [6, 6.07) is 5.25. The van der Waals surface area contributed by atoms with Crippen molar-refractivity contribution in [2.75, 3.05) is 19.0 Å². The molecule has 1 saturated carbocycles. The molecule has 1 aromatic heterocycles. The van der Waals surface area contributed by atoms with Crippen molar-refractivity contribution in [3.63, 3.8) is 0 Å². The maximum Gasteiger partial charge on any atom is 0.490 e. The molecule has 1 aliphatic heterocycles. The average molecular weight is 524 g/mol. The molecule has 2 fully saturated rings. The zero-order chi connectivity index (χ0) is 26.6. The van der Waals surface area contributed by atoms with Crippen molar-refractivity contribution in [1.29, 1.82) is 0 Å². The van der Waals surface area contributed by atoms with Crippen LogP contribution >= 0.6 is 0 Å². The molecule has 4 rings (SSSR count). The van der Waals surface area contributed by atoms with Gasteiger partial charge in [0.15, 0.2) is 17.6 Å². The minimum atomic E-state index is -5.35. The van der Waals surface area contributed by atoms with Gasteiger partial charge in [0.25, 0.3) is 5.91 Å². The predicted molar refractivity (Wildman–Crippen MR) is 123 cm³/mol. The van der Waals surface area contributed by atoms with Gasteiger partial charge in [0, 0.05) is 24.9 Å². The molecule has 2 amide bonds. The predicted octanol–water partition coefficient (Wildman–Crippen LogP) is 3.07. The Balaban J connectivity index is 1.57. The lowest BCUT2D eigenvalue weighted by atomic mass is 9.82. The summed E-state index contributed by atoms with van der Waals surface area (Å²) in [5.74, 6) is -5.20. The van der Waals surface area contributed by atoms with Gasteiger partial charge in [0.1, 0.15) is 0 Å². The number of carbonyl (C=O) groups is 3. The van der Waals surface area contributed by atoms with Gasteiger partial charge in [-0.1, -0.05) is 6.07 Å². The molecule has 0 radical (unpaired) electrons. The number of rotatable bonds is 8. The minimum Gasteiger partial charge on any atom is -0.493 e. The third-order valence-electron chi connectivity index (χ3n) is 6.48. The number of nitrogens with zero attached hydrogens (tertiary/aromatic N) is 1. The molecule has 1 saturated heterocycles. The first-order chi connectivity index (χ1) is 17.7. The van der Waals surface area contributed by atoms with E-state index in [0.717, 1.165) is 31.2 Å². The molecule has 13 heteroatoms. The molecule has 0 bridgehead atoms. The molecule has 37 heavy (non-hydrogen) atoms. The summed E-state index contributed by atoms with van der Waals surface area (Å²) in [6.45, 7) is 0.171. The highest BCUT2D eigenvalue weighted by Crippen LogP contribution is 2.37. The fourth-order valence-electron chi connectivity index (χ4n) is 4.61. The Hall–Kier alpha value is -3.77. The number of aromatic nitrogens is 2. The molecule has 3 N–H and O–H groups in total. The zero-order valence-electron chi connectivity index (χ0n) is 20.0. The molecular formula is C24H27F3N4O6. The highest BCUT2D eigenvalue weighted by Gasteiger charge is 2.48. The molecule has 3 atom stereocenters. The maximum absolute atomic E-state index is 13.0. The van der Waals surface area contributed by atoms with E-state index in [9.17, 15) is 27.6 Å². The van der Waals surface area contributed by atoms with E-state index < -0.39 is 41.9 Å². The Morgan fingerprint density at radius 3 is 2.59 bits per heavy atom. The first kappa shape index (κ1) is 26.3. The number of piperidine rings is 1. The van der Waals surface area contributed by atoms with Crippen LogP contribution in [0.2, 0.25) is 0 Å². The summed E-state index contributed by atoms with van der Waals surface area (Å²) in [4.78, 5) is 43.6. The van der Waals surface area contributed by atoms with Crippen molar-refractivity contribution in [3.8, 4) is 11.5 Å². The number of carbonyl (C=O) groups excluding carboxylic acids is 3. The molecule has 1 aromatic carbocycles. The molecule has 2 heterocycles.